The van der Waals surface area contributed by atoms with E-state index in [1.807, 2.05) is 0 Å². The van der Waals surface area contributed by atoms with Gasteiger partial charge < -0.3 is 10.1 Å². The molecule has 1 aromatic rings. The predicted octanol–water partition coefficient (Wildman–Crippen LogP) is 1.97. The van der Waals surface area contributed by atoms with Gasteiger partial charge in [0.05, 0.1) is 19.8 Å². The molecule has 1 N–H and O–H groups in total. The first-order chi connectivity index (χ1) is 11.0. The zero-order valence-electron chi connectivity index (χ0n) is 13.4. The molecule has 0 unspecified atom stereocenters. The number of hydrogen-bond acceptors (Lipinski definition) is 5. The van der Waals surface area contributed by atoms with Crippen molar-refractivity contribution in [1.29, 1.82) is 0 Å². The van der Waals surface area contributed by atoms with E-state index in [1.165, 1.54) is 15.6 Å². The second-order valence-electron chi connectivity index (χ2n) is 5.47. The Morgan fingerprint density at radius 2 is 2.04 bits per heavy atom. The third-order valence-corrected chi connectivity index (χ3v) is 7.12. The highest BCUT2D eigenvalue weighted by Crippen LogP contribution is 2.25. The first-order valence-electron chi connectivity index (χ1n) is 7.97. The summed E-state index contributed by atoms with van der Waals surface area (Å²) in [7, 11) is -3.44. The van der Waals surface area contributed by atoms with E-state index in [2.05, 4.69) is 12.2 Å². The quantitative estimate of drug-likeness (QED) is 0.719. The number of carbonyl (C=O) groups excluding carboxylic acids is 1. The average Bonchev–Trinajstić information content (AvgIpc) is 3.04. The number of morpholine rings is 1. The molecule has 6 nitrogen and oxygen atoms in total. The third-order valence-electron chi connectivity index (χ3n) is 3.67. The highest BCUT2D eigenvalue weighted by Gasteiger charge is 2.27. The molecule has 0 aliphatic carbocycles. The molecule has 23 heavy (non-hydrogen) atoms. The number of unbranched alkanes of at least 4 members (excludes halogenated alkanes) is 2. The molecule has 1 aliphatic rings. The van der Waals surface area contributed by atoms with Gasteiger partial charge in [-0.2, -0.15) is 4.31 Å². The van der Waals surface area contributed by atoms with Gasteiger partial charge in [-0.25, -0.2) is 8.42 Å². The lowest BCUT2D eigenvalue weighted by Gasteiger charge is -2.25. The summed E-state index contributed by atoms with van der Waals surface area (Å²) in [6.45, 7) is 4.14. The molecule has 0 spiro atoms. The number of carbonyl (C=O) groups is 1. The van der Waals surface area contributed by atoms with E-state index in [4.69, 9.17) is 4.74 Å². The second kappa shape index (κ2) is 8.77. The molecular weight excluding hydrogens is 336 g/mol. The van der Waals surface area contributed by atoms with Gasteiger partial charge in [0.2, 0.25) is 5.91 Å². The summed E-state index contributed by atoms with van der Waals surface area (Å²) in [6, 6.07) is 3.39. The molecule has 1 aliphatic heterocycles. The fourth-order valence-electron chi connectivity index (χ4n) is 2.32. The van der Waals surface area contributed by atoms with Crippen LogP contribution in [0, 0.1) is 0 Å². The maximum absolute atomic E-state index is 12.5. The van der Waals surface area contributed by atoms with Crippen LogP contribution in [0.1, 0.15) is 37.5 Å². The smallest absolute Gasteiger partial charge is 0.252 e. The second-order valence-corrected chi connectivity index (χ2v) is 8.80. The van der Waals surface area contributed by atoms with Crippen LogP contribution in [0.3, 0.4) is 0 Å². The van der Waals surface area contributed by atoms with Gasteiger partial charge in [-0.05, 0) is 18.6 Å². The van der Waals surface area contributed by atoms with Crippen LogP contribution < -0.4 is 5.32 Å². The fraction of sp³-hybridized carbons (Fsp3) is 0.667. The van der Waals surface area contributed by atoms with Crippen LogP contribution >= 0.6 is 11.3 Å². The van der Waals surface area contributed by atoms with Crippen molar-refractivity contribution in [3.8, 4) is 0 Å². The third kappa shape index (κ3) is 5.27. The Kier molecular flexibility index (Phi) is 7.01. The Balaban J connectivity index is 1.88. The van der Waals surface area contributed by atoms with Gasteiger partial charge in [-0.15, -0.1) is 11.3 Å². The van der Waals surface area contributed by atoms with Crippen molar-refractivity contribution >= 4 is 27.3 Å². The molecule has 0 saturated carbocycles. The Labute approximate surface area is 141 Å². The number of sulfonamides is 1. The summed E-state index contributed by atoms with van der Waals surface area (Å²) in [5.41, 5.74) is 0. The van der Waals surface area contributed by atoms with Crippen molar-refractivity contribution in [2.45, 2.75) is 43.4 Å². The lowest BCUT2D eigenvalue weighted by Crippen LogP contribution is -2.40. The van der Waals surface area contributed by atoms with E-state index in [0.717, 1.165) is 24.1 Å². The normalized spacial score (nSPS) is 16.4. The molecule has 2 rings (SSSR count). The predicted molar refractivity (Wildman–Crippen MR) is 89.9 cm³/mol. The van der Waals surface area contributed by atoms with Gasteiger partial charge in [0.15, 0.2) is 0 Å². The number of hydrogen-bond donors (Lipinski definition) is 1. The van der Waals surface area contributed by atoms with E-state index in [1.54, 1.807) is 12.1 Å². The molecule has 0 aromatic carbocycles. The van der Waals surface area contributed by atoms with Crippen molar-refractivity contribution in [1.82, 2.24) is 9.62 Å². The minimum Gasteiger partial charge on any atom is -0.379 e. The molecule has 0 bridgehead atoms. The minimum atomic E-state index is -3.44. The van der Waals surface area contributed by atoms with Gasteiger partial charge in [0.1, 0.15) is 4.21 Å². The first-order valence-corrected chi connectivity index (χ1v) is 10.2. The van der Waals surface area contributed by atoms with Crippen molar-refractivity contribution < 1.29 is 17.9 Å². The van der Waals surface area contributed by atoms with E-state index in [0.29, 0.717) is 43.5 Å². The summed E-state index contributed by atoms with van der Waals surface area (Å²) >= 11 is 1.22. The van der Waals surface area contributed by atoms with Crippen LogP contribution in [-0.2, 0) is 26.1 Å². The average molecular weight is 361 g/mol. The number of amides is 1. The van der Waals surface area contributed by atoms with E-state index in [-0.39, 0.29) is 5.91 Å². The van der Waals surface area contributed by atoms with Crippen molar-refractivity contribution in [3.63, 3.8) is 0 Å². The Hall–Kier alpha value is -0.960. The van der Waals surface area contributed by atoms with Crippen molar-refractivity contribution in [3.05, 3.63) is 17.0 Å². The molecule has 1 fully saturated rings. The summed E-state index contributed by atoms with van der Waals surface area (Å²) in [5.74, 6) is 0.0180. The number of rotatable bonds is 8. The summed E-state index contributed by atoms with van der Waals surface area (Å²) in [6.07, 6.45) is 3.55. The lowest BCUT2D eigenvalue weighted by molar-refractivity contribution is -0.121. The van der Waals surface area contributed by atoms with Crippen molar-refractivity contribution in [2.75, 3.05) is 26.3 Å². The standard InChI is InChI=1S/C15H24N2O4S2/c1-2-3-4-5-14(18)16-12-13-6-7-15(22-13)23(19,20)17-8-10-21-11-9-17/h6-7H,2-5,8-12H2,1H3,(H,16,18). The van der Waals surface area contributed by atoms with Crippen LogP contribution in [0.4, 0.5) is 0 Å². The highest BCUT2D eigenvalue weighted by atomic mass is 32.2. The SMILES string of the molecule is CCCCCC(=O)NCc1ccc(S(=O)(=O)N2CCOCC2)s1. The molecule has 1 amide bonds. The molecule has 0 atom stereocenters. The van der Waals surface area contributed by atoms with E-state index >= 15 is 0 Å². The molecule has 1 saturated heterocycles. The molecule has 8 heteroatoms. The van der Waals surface area contributed by atoms with Gasteiger partial charge in [0, 0.05) is 24.4 Å². The molecule has 1 aromatic heterocycles. The monoisotopic (exact) mass is 360 g/mol. The van der Waals surface area contributed by atoms with Crippen LogP contribution in [0.2, 0.25) is 0 Å². The van der Waals surface area contributed by atoms with Crippen LogP contribution in [0.25, 0.3) is 0 Å². The molecule has 130 valence electrons. The summed E-state index contributed by atoms with van der Waals surface area (Å²) < 4.78 is 32.0. The largest absolute Gasteiger partial charge is 0.379 e. The Morgan fingerprint density at radius 3 is 2.74 bits per heavy atom. The maximum atomic E-state index is 12.5. The highest BCUT2D eigenvalue weighted by molar-refractivity contribution is 7.91. The van der Waals surface area contributed by atoms with Crippen LogP contribution in [0.15, 0.2) is 16.3 Å². The van der Waals surface area contributed by atoms with E-state index in [9.17, 15) is 13.2 Å². The fourth-order valence-corrected chi connectivity index (χ4v) is 5.17. The number of nitrogens with one attached hydrogen (secondary N) is 1. The number of thiophene rings is 1. The first kappa shape index (κ1) is 18.4. The van der Waals surface area contributed by atoms with Gasteiger partial charge in [-0.3, -0.25) is 4.79 Å². The number of ether oxygens (including phenoxy) is 1. The Morgan fingerprint density at radius 1 is 1.30 bits per heavy atom. The molecule has 0 radical (unpaired) electrons. The summed E-state index contributed by atoms with van der Waals surface area (Å²) in [5, 5.41) is 2.85. The maximum Gasteiger partial charge on any atom is 0.252 e. The van der Waals surface area contributed by atoms with Crippen molar-refractivity contribution in [2.24, 2.45) is 0 Å². The zero-order valence-corrected chi connectivity index (χ0v) is 15.0. The van der Waals surface area contributed by atoms with Gasteiger partial charge >= 0.3 is 0 Å². The molecular formula is C15H24N2O4S2. The Bertz CT molecular complexity index is 607. The van der Waals surface area contributed by atoms with Gasteiger partial charge in [0.25, 0.3) is 10.0 Å². The van der Waals surface area contributed by atoms with Crippen LogP contribution in [-0.4, -0.2) is 44.9 Å². The zero-order chi connectivity index (χ0) is 16.7. The topological polar surface area (TPSA) is 75.7 Å². The van der Waals surface area contributed by atoms with Gasteiger partial charge in [-0.1, -0.05) is 19.8 Å². The van der Waals surface area contributed by atoms with Crippen LogP contribution in [0.5, 0.6) is 0 Å². The number of nitrogens with zero attached hydrogens (tertiary/aromatic N) is 1. The summed E-state index contributed by atoms with van der Waals surface area (Å²) in [4.78, 5) is 12.5. The lowest BCUT2D eigenvalue weighted by atomic mass is 10.2. The molecule has 2 heterocycles. The minimum absolute atomic E-state index is 0.0180. The van der Waals surface area contributed by atoms with E-state index < -0.39 is 10.0 Å².